The van der Waals surface area contributed by atoms with Crippen molar-refractivity contribution < 1.29 is 9.59 Å². The van der Waals surface area contributed by atoms with E-state index in [9.17, 15) is 9.59 Å². The molecule has 0 bridgehead atoms. The van der Waals surface area contributed by atoms with Gasteiger partial charge >= 0.3 is 0 Å². The molecule has 1 aliphatic heterocycles. The van der Waals surface area contributed by atoms with Crippen molar-refractivity contribution in [1.29, 1.82) is 5.26 Å². The Morgan fingerprint density at radius 3 is 2.73 bits per heavy atom. The highest BCUT2D eigenvalue weighted by Gasteiger charge is 2.22. The first-order valence-corrected chi connectivity index (χ1v) is 8.47. The van der Waals surface area contributed by atoms with Crippen LogP contribution in [0.4, 0.5) is 17.1 Å². The van der Waals surface area contributed by atoms with Gasteiger partial charge in [0.25, 0.3) is 0 Å². The number of rotatable bonds is 4. The van der Waals surface area contributed by atoms with Gasteiger partial charge in [0, 0.05) is 24.8 Å². The minimum atomic E-state index is -0.481. The summed E-state index contributed by atoms with van der Waals surface area (Å²) in [7, 11) is 0. The van der Waals surface area contributed by atoms with Crippen LogP contribution in [0.15, 0.2) is 42.5 Å². The predicted molar refractivity (Wildman–Crippen MR) is 101 cm³/mol. The Kier molecular flexibility index (Phi) is 4.90. The second-order valence-electron chi connectivity index (χ2n) is 6.28. The van der Waals surface area contributed by atoms with Gasteiger partial charge in [-0.2, -0.15) is 5.26 Å². The van der Waals surface area contributed by atoms with Gasteiger partial charge in [0.2, 0.25) is 11.8 Å². The summed E-state index contributed by atoms with van der Waals surface area (Å²) in [6.07, 6.45) is 0.806. The standard InChI is InChI=1S/C20H20N4O2/c1-13(20(26)23-18-6-4-3-5-16(18)12-21)22-17-7-8-19-15(11-17)9-10-24(19)14(2)25/h3-8,11,13,22H,9-10H2,1-2H3,(H,23,26). The number of anilines is 3. The molecule has 1 heterocycles. The third kappa shape index (κ3) is 3.52. The van der Waals surface area contributed by atoms with Crippen molar-refractivity contribution in [3.63, 3.8) is 0 Å². The maximum Gasteiger partial charge on any atom is 0.246 e. The lowest BCUT2D eigenvalue weighted by Crippen LogP contribution is -2.32. The number of para-hydroxylation sites is 1. The van der Waals surface area contributed by atoms with E-state index in [1.807, 2.05) is 18.2 Å². The molecule has 0 spiro atoms. The van der Waals surface area contributed by atoms with E-state index in [-0.39, 0.29) is 11.8 Å². The molecule has 2 aromatic carbocycles. The second kappa shape index (κ2) is 7.28. The van der Waals surface area contributed by atoms with E-state index in [1.165, 1.54) is 0 Å². The number of hydrogen-bond donors (Lipinski definition) is 2. The molecular weight excluding hydrogens is 328 g/mol. The van der Waals surface area contributed by atoms with Crippen molar-refractivity contribution in [2.75, 3.05) is 22.1 Å². The number of nitrogens with one attached hydrogen (secondary N) is 2. The summed E-state index contributed by atoms with van der Waals surface area (Å²) in [6.45, 7) is 4.02. The summed E-state index contributed by atoms with van der Waals surface area (Å²) in [5, 5.41) is 15.1. The number of amides is 2. The highest BCUT2D eigenvalue weighted by molar-refractivity contribution is 5.97. The SMILES string of the molecule is CC(=O)N1CCc2cc(NC(C)C(=O)Nc3ccccc3C#N)ccc21. The zero-order valence-corrected chi connectivity index (χ0v) is 14.7. The van der Waals surface area contributed by atoms with Crippen LogP contribution in [-0.4, -0.2) is 24.4 Å². The lowest BCUT2D eigenvalue weighted by Gasteiger charge is -2.18. The minimum Gasteiger partial charge on any atom is -0.374 e. The fourth-order valence-electron chi connectivity index (χ4n) is 3.06. The largest absolute Gasteiger partial charge is 0.374 e. The van der Waals surface area contributed by atoms with E-state index in [1.54, 1.807) is 43.0 Å². The van der Waals surface area contributed by atoms with Gasteiger partial charge in [0.05, 0.1) is 11.3 Å². The molecule has 1 aliphatic rings. The number of carbonyl (C=O) groups is 2. The molecular formula is C20H20N4O2. The fourth-order valence-corrected chi connectivity index (χ4v) is 3.06. The van der Waals surface area contributed by atoms with Crippen molar-refractivity contribution >= 4 is 28.9 Å². The van der Waals surface area contributed by atoms with Crippen LogP contribution in [-0.2, 0) is 16.0 Å². The number of fused-ring (bicyclic) bond motifs is 1. The Hall–Kier alpha value is -3.33. The van der Waals surface area contributed by atoms with E-state index >= 15 is 0 Å². The molecule has 0 saturated carbocycles. The summed E-state index contributed by atoms with van der Waals surface area (Å²) in [4.78, 5) is 25.8. The quantitative estimate of drug-likeness (QED) is 0.890. The van der Waals surface area contributed by atoms with Crippen LogP contribution in [0.2, 0.25) is 0 Å². The van der Waals surface area contributed by atoms with Crippen LogP contribution < -0.4 is 15.5 Å². The number of nitrogens with zero attached hydrogens (tertiary/aromatic N) is 2. The van der Waals surface area contributed by atoms with Crippen molar-refractivity contribution in [2.24, 2.45) is 0 Å². The maximum absolute atomic E-state index is 12.4. The predicted octanol–water partition coefficient (Wildman–Crippen LogP) is 2.91. The first-order chi connectivity index (χ1) is 12.5. The first kappa shape index (κ1) is 17.5. The van der Waals surface area contributed by atoms with Crippen LogP contribution in [0.1, 0.15) is 25.0 Å². The Morgan fingerprint density at radius 2 is 2.00 bits per heavy atom. The monoisotopic (exact) mass is 348 g/mol. The summed E-state index contributed by atoms with van der Waals surface area (Å²) in [5.41, 5.74) is 3.77. The van der Waals surface area contributed by atoms with Crippen LogP contribution >= 0.6 is 0 Å². The van der Waals surface area contributed by atoms with Gasteiger partial charge in [-0.15, -0.1) is 0 Å². The minimum absolute atomic E-state index is 0.0355. The van der Waals surface area contributed by atoms with Crippen LogP contribution in [0.5, 0.6) is 0 Å². The number of hydrogen-bond acceptors (Lipinski definition) is 4. The van der Waals surface area contributed by atoms with Crippen molar-refractivity contribution in [2.45, 2.75) is 26.3 Å². The Bertz CT molecular complexity index is 901. The highest BCUT2D eigenvalue weighted by atomic mass is 16.2. The molecule has 2 aromatic rings. The van der Waals surface area contributed by atoms with E-state index in [0.717, 1.165) is 23.4 Å². The van der Waals surface area contributed by atoms with Crippen LogP contribution in [0.25, 0.3) is 0 Å². The summed E-state index contributed by atoms with van der Waals surface area (Å²) in [6, 6.07) is 14.2. The molecule has 0 radical (unpaired) electrons. The zero-order valence-electron chi connectivity index (χ0n) is 14.7. The van der Waals surface area contributed by atoms with Crippen molar-refractivity contribution in [3.8, 4) is 6.07 Å². The number of carbonyl (C=O) groups excluding carboxylic acids is 2. The third-order valence-electron chi connectivity index (χ3n) is 4.44. The molecule has 6 heteroatoms. The van der Waals surface area contributed by atoms with E-state index < -0.39 is 6.04 Å². The Morgan fingerprint density at radius 1 is 1.23 bits per heavy atom. The van der Waals surface area contributed by atoms with Gasteiger partial charge in [-0.1, -0.05) is 12.1 Å². The maximum atomic E-state index is 12.4. The average molecular weight is 348 g/mol. The summed E-state index contributed by atoms with van der Waals surface area (Å²) >= 11 is 0. The molecule has 2 amide bonds. The number of nitriles is 1. The van der Waals surface area contributed by atoms with Gasteiger partial charge in [0.1, 0.15) is 12.1 Å². The molecule has 132 valence electrons. The Labute approximate surface area is 152 Å². The molecule has 0 aromatic heterocycles. The molecule has 2 N–H and O–H groups in total. The molecule has 1 unspecified atom stereocenters. The zero-order chi connectivity index (χ0) is 18.7. The lowest BCUT2D eigenvalue weighted by molar-refractivity contribution is -0.117. The highest BCUT2D eigenvalue weighted by Crippen LogP contribution is 2.30. The van der Waals surface area contributed by atoms with E-state index in [2.05, 4.69) is 16.7 Å². The first-order valence-electron chi connectivity index (χ1n) is 8.47. The van der Waals surface area contributed by atoms with Gasteiger partial charge in [-0.05, 0) is 49.2 Å². The molecule has 0 aliphatic carbocycles. The molecule has 1 atom stereocenters. The normalized spacial score (nSPS) is 13.5. The smallest absolute Gasteiger partial charge is 0.246 e. The molecule has 0 saturated heterocycles. The number of benzene rings is 2. The van der Waals surface area contributed by atoms with Crippen molar-refractivity contribution in [1.82, 2.24) is 0 Å². The third-order valence-corrected chi connectivity index (χ3v) is 4.44. The van der Waals surface area contributed by atoms with Gasteiger partial charge in [0.15, 0.2) is 0 Å². The van der Waals surface area contributed by atoms with Gasteiger partial charge in [-0.25, -0.2) is 0 Å². The second-order valence-corrected chi connectivity index (χ2v) is 6.28. The molecule has 0 fully saturated rings. The van der Waals surface area contributed by atoms with Crippen LogP contribution in [0, 0.1) is 11.3 Å². The van der Waals surface area contributed by atoms with Crippen molar-refractivity contribution in [3.05, 3.63) is 53.6 Å². The van der Waals surface area contributed by atoms with Gasteiger partial charge in [-0.3, -0.25) is 9.59 Å². The van der Waals surface area contributed by atoms with Gasteiger partial charge < -0.3 is 15.5 Å². The topological polar surface area (TPSA) is 85.2 Å². The summed E-state index contributed by atoms with van der Waals surface area (Å²) in [5.74, 6) is -0.188. The average Bonchev–Trinajstić information content (AvgIpc) is 3.05. The van der Waals surface area contributed by atoms with E-state index in [0.29, 0.717) is 17.8 Å². The molecule has 3 rings (SSSR count). The lowest BCUT2D eigenvalue weighted by atomic mass is 10.1. The Balaban J connectivity index is 1.68. The summed E-state index contributed by atoms with van der Waals surface area (Å²) < 4.78 is 0. The fraction of sp³-hybridized carbons (Fsp3) is 0.250. The molecule has 6 nitrogen and oxygen atoms in total. The van der Waals surface area contributed by atoms with E-state index in [4.69, 9.17) is 5.26 Å². The van der Waals surface area contributed by atoms with Crippen LogP contribution in [0.3, 0.4) is 0 Å². The molecule has 26 heavy (non-hydrogen) atoms.